The van der Waals surface area contributed by atoms with Crippen LogP contribution in [-0.2, 0) is 4.74 Å². The van der Waals surface area contributed by atoms with Gasteiger partial charge < -0.3 is 9.64 Å². The summed E-state index contributed by atoms with van der Waals surface area (Å²) in [5, 5.41) is 0. The van der Waals surface area contributed by atoms with E-state index in [0.717, 1.165) is 43.6 Å². The molecular weight excluding hydrogens is 214 g/mol. The largest absolute Gasteiger partial charge is 0.377 e. The normalized spacial score (nSPS) is 20.4. The van der Waals surface area contributed by atoms with E-state index in [2.05, 4.69) is 18.7 Å². The minimum absolute atomic E-state index is 0.449. The van der Waals surface area contributed by atoms with Gasteiger partial charge in [0.1, 0.15) is 6.29 Å². The molecule has 0 bridgehead atoms. The van der Waals surface area contributed by atoms with E-state index in [9.17, 15) is 4.79 Å². The van der Waals surface area contributed by atoms with Gasteiger partial charge in [-0.05, 0) is 37.1 Å². The molecule has 0 radical (unpaired) electrons. The smallest absolute Gasteiger partial charge is 0.150 e. The monoisotopic (exact) mass is 233 g/mol. The molecule has 1 saturated heterocycles. The second-order valence-electron chi connectivity index (χ2n) is 4.49. The van der Waals surface area contributed by atoms with Gasteiger partial charge in [-0.1, -0.05) is 6.92 Å². The predicted molar refractivity (Wildman–Crippen MR) is 68.8 cm³/mol. The van der Waals surface area contributed by atoms with Crippen LogP contribution in [0.15, 0.2) is 18.2 Å². The number of nitrogens with zero attached hydrogens (tertiary/aromatic N) is 1. The summed E-state index contributed by atoms with van der Waals surface area (Å²) in [6, 6.07) is 6.33. The van der Waals surface area contributed by atoms with Gasteiger partial charge in [-0.15, -0.1) is 0 Å². The molecule has 0 aliphatic carbocycles. The lowest BCUT2D eigenvalue weighted by Gasteiger charge is -2.37. The number of hydrogen-bond donors (Lipinski definition) is 0. The van der Waals surface area contributed by atoms with Gasteiger partial charge in [0.15, 0.2) is 0 Å². The molecule has 1 aliphatic rings. The predicted octanol–water partition coefficient (Wildman–Crippen LogP) is 2.42. The number of carbonyl (C=O) groups excluding carboxylic acids is 1. The molecule has 3 heteroatoms. The molecule has 0 spiro atoms. The minimum Gasteiger partial charge on any atom is -0.377 e. The maximum Gasteiger partial charge on any atom is 0.150 e. The van der Waals surface area contributed by atoms with Crippen LogP contribution in [0.25, 0.3) is 0 Å². The zero-order valence-corrected chi connectivity index (χ0v) is 10.5. The van der Waals surface area contributed by atoms with Gasteiger partial charge in [0.25, 0.3) is 0 Å². The number of hydrogen-bond acceptors (Lipinski definition) is 3. The molecule has 1 atom stereocenters. The third-order valence-corrected chi connectivity index (χ3v) is 3.37. The molecule has 1 heterocycles. The van der Waals surface area contributed by atoms with E-state index in [1.165, 1.54) is 5.69 Å². The molecule has 1 aromatic rings. The van der Waals surface area contributed by atoms with Crippen LogP contribution in [0.3, 0.4) is 0 Å². The van der Waals surface area contributed by atoms with E-state index in [1.807, 2.05) is 18.2 Å². The summed E-state index contributed by atoms with van der Waals surface area (Å²) in [5.41, 5.74) is 3.13. The number of morpholine rings is 1. The third kappa shape index (κ3) is 2.50. The number of anilines is 1. The Balaban J connectivity index is 2.28. The van der Waals surface area contributed by atoms with Crippen molar-refractivity contribution in [1.82, 2.24) is 0 Å². The highest BCUT2D eigenvalue weighted by molar-refractivity contribution is 5.77. The summed E-state index contributed by atoms with van der Waals surface area (Å²) in [7, 11) is 0. The van der Waals surface area contributed by atoms with Crippen molar-refractivity contribution in [2.45, 2.75) is 26.3 Å². The van der Waals surface area contributed by atoms with E-state index >= 15 is 0 Å². The van der Waals surface area contributed by atoms with Crippen LogP contribution in [0.1, 0.15) is 29.3 Å². The molecule has 3 nitrogen and oxygen atoms in total. The topological polar surface area (TPSA) is 29.5 Å². The third-order valence-electron chi connectivity index (χ3n) is 3.37. The van der Waals surface area contributed by atoms with Crippen molar-refractivity contribution in [3.05, 3.63) is 29.3 Å². The van der Waals surface area contributed by atoms with Crippen molar-refractivity contribution in [2.24, 2.45) is 0 Å². The zero-order chi connectivity index (χ0) is 12.3. The fraction of sp³-hybridized carbons (Fsp3) is 0.500. The summed E-state index contributed by atoms with van der Waals surface area (Å²) in [6.45, 7) is 6.75. The van der Waals surface area contributed by atoms with Crippen molar-refractivity contribution < 1.29 is 9.53 Å². The van der Waals surface area contributed by atoms with Crippen molar-refractivity contribution in [1.29, 1.82) is 0 Å². The average molecular weight is 233 g/mol. The van der Waals surface area contributed by atoms with Gasteiger partial charge in [-0.25, -0.2) is 0 Å². The number of ether oxygens (including phenoxy) is 1. The molecule has 1 aliphatic heterocycles. The quantitative estimate of drug-likeness (QED) is 0.751. The lowest BCUT2D eigenvalue weighted by atomic mass is 10.1. The SMILES string of the molecule is CCC1COCCN1c1ccc(C=O)cc1C. The molecule has 1 unspecified atom stereocenters. The minimum atomic E-state index is 0.449. The molecule has 1 fully saturated rings. The maximum atomic E-state index is 10.7. The summed E-state index contributed by atoms with van der Waals surface area (Å²) in [6.07, 6.45) is 1.97. The first-order chi connectivity index (χ1) is 8.26. The van der Waals surface area contributed by atoms with Crippen LogP contribution in [0.5, 0.6) is 0 Å². The first kappa shape index (κ1) is 12.1. The number of aldehydes is 1. The molecule has 0 saturated carbocycles. The Bertz CT molecular complexity index is 403. The Labute approximate surface area is 102 Å². The highest BCUT2D eigenvalue weighted by atomic mass is 16.5. The lowest BCUT2D eigenvalue weighted by Crippen LogP contribution is -2.45. The maximum absolute atomic E-state index is 10.7. The molecule has 1 aromatic carbocycles. The first-order valence-electron chi connectivity index (χ1n) is 6.16. The molecule has 0 N–H and O–H groups in total. The van der Waals surface area contributed by atoms with Crippen molar-refractivity contribution in [3.63, 3.8) is 0 Å². The van der Waals surface area contributed by atoms with E-state index in [4.69, 9.17) is 4.74 Å². The first-order valence-corrected chi connectivity index (χ1v) is 6.16. The summed E-state index contributed by atoms with van der Waals surface area (Å²) < 4.78 is 5.51. The van der Waals surface area contributed by atoms with Gasteiger partial charge in [-0.3, -0.25) is 4.79 Å². The molecule has 0 amide bonds. The fourth-order valence-electron chi connectivity index (χ4n) is 2.38. The standard InChI is InChI=1S/C14H19NO2/c1-3-13-10-17-7-6-15(13)14-5-4-12(9-16)8-11(14)2/h4-5,8-9,13H,3,6-7,10H2,1-2H3. The highest BCUT2D eigenvalue weighted by Crippen LogP contribution is 2.25. The van der Waals surface area contributed by atoms with Crippen LogP contribution in [0.4, 0.5) is 5.69 Å². The Kier molecular flexibility index (Phi) is 3.79. The van der Waals surface area contributed by atoms with Crippen LogP contribution in [0, 0.1) is 6.92 Å². The molecular formula is C14H19NO2. The van der Waals surface area contributed by atoms with Crippen molar-refractivity contribution in [2.75, 3.05) is 24.7 Å². The highest BCUT2D eigenvalue weighted by Gasteiger charge is 2.22. The molecule has 2 rings (SSSR count). The van der Waals surface area contributed by atoms with Gasteiger partial charge in [0, 0.05) is 17.8 Å². The summed E-state index contributed by atoms with van der Waals surface area (Å²) in [5.74, 6) is 0. The number of carbonyl (C=O) groups is 1. The molecule has 92 valence electrons. The Morgan fingerprint density at radius 2 is 2.35 bits per heavy atom. The van der Waals surface area contributed by atoms with Crippen LogP contribution in [0.2, 0.25) is 0 Å². The zero-order valence-electron chi connectivity index (χ0n) is 10.5. The van der Waals surface area contributed by atoms with Crippen molar-refractivity contribution >= 4 is 12.0 Å². The van der Waals surface area contributed by atoms with Crippen LogP contribution < -0.4 is 4.90 Å². The van der Waals surface area contributed by atoms with E-state index in [-0.39, 0.29) is 0 Å². The van der Waals surface area contributed by atoms with Crippen LogP contribution >= 0.6 is 0 Å². The van der Waals surface area contributed by atoms with Gasteiger partial charge in [0.2, 0.25) is 0 Å². The Morgan fingerprint density at radius 1 is 1.53 bits per heavy atom. The Hall–Kier alpha value is -1.35. The van der Waals surface area contributed by atoms with Gasteiger partial charge in [0.05, 0.1) is 19.3 Å². The number of benzene rings is 1. The van der Waals surface area contributed by atoms with Crippen molar-refractivity contribution in [3.8, 4) is 0 Å². The summed E-state index contributed by atoms with van der Waals surface area (Å²) in [4.78, 5) is 13.1. The van der Waals surface area contributed by atoms with Gasteiger partial charge in [-0.2, -0.15) is 0 Å². The second kappa shape index (κ2) is 5.32. The summed E-state index contributed by atoms with van der Waals surface area (Å²) >= 11 is 0. The van der Waals surface area contributed by atoms with E-state index in [0.29, 0.717) is 6.04 Å². The van der Waals surface area contributed by atoms with E-state index < -0.39 is 0 Å². The number of rotatable bonds is 3. The lowest BCUT2D eigenvalue weighted by molar-refractivity contribution is 0.0929. The molecule has 17 heavy (non-hydrogen) atoms. The fourth-order valence-corrected chi connectivity index (χ4v) is 2.38. The molecule has 0 aromatic heterocycles. The van der Waals surface area contributed by atoms with Crippen LogP contribution in [-0.4, -0.2) is 32.1 Å². The van der Waals surface area contributed by atoms with E-state index in [1.54, 1.807) is 0 Å². The average Bonchev–Trinajstić information content (AvgIpc) is 2.38. The number of aryl methyl sites for hydroxylation is 1. The van der Waals surface area contributed by atoms with Gasteiger partial charge >= 0.3 is 0 Å². The Morgan fingerprint density at radius 3 is 3.00 bits per heavy atom. The second-order valence-corrected chi connectivity index (χ2v) is 4.49.